The van der Waals surface area contributed by atoms with Crippen LogP contribution in [0.15, 0.2) is 6.20 Å². The molecular weight excluding hydrogens is 116 g/mol. The van der Waals surface area contributed by atoms with Crippen molar-refractivity contribution >= 4 is 0 Å². The Morgan fingerprint density at radius 2 is 2.56 bits per heavy atom. The van der Waals surface area contributed by atoms with Crippen molar-refractivity contribution < 1.29 is 4.74 Å². The lowest BCUT2D eigenvalue weighted by molar-refractivity contribution is 0.338. The van der Waals surface area contributed by atoms with E-state index in [1.54, 1.807) is 6.20 Å². The van der Waals surface area contributed by atoms with Gasteiger partial charge in [-0.1, -0.05) is 0 Å². The van der Waals surface area contributed by atoms with Crippen LogP contribution in [0, 0.1) is 6.92 Å². The second-order valence-electron chi connectivity index (χ2n) is 1.79. The second kappa shape index (κ2) is 2.53. The van der Waals surface area contributed by atoms with E-state index in [-0.39, 0.29) is 0 Å². The molecule has 1 aromatic rings. The molecule has 0 aromatic carbocycles. The van der Waals surface area contributed by atoms with E-state index in [4.69, 9.17) is 4.74 Å². The summed E-state index contributed by atoms with van der Waals surface area (Å²) in [4.78, 5) is 0. The van der Waals surface area contributed by atoms with Crippen LogP contribution in [-0.4, -0.2) is 16.8 Å². The average Bonchev–Trinajstić information content (AvgIpc) is 2.18. The standard InChI is InChI=1S/C6H10N2O/c1-3-9-6-4-7-8-5(6)2/h4H,3H2,1-2H3,(H,7,8). The molecule has 1 heterocycles. The number of H-pyrrole nitrogens is 1. The fourth-order valence-electron chi connectivity index (χ4n) is 0.641. The van der Waals surface area contributed by atoms with E-state index < -0.39 is 0 Å². The maximum Gasteiger partial charge on any atom is 0.159 e. The predicted octanol–water partition coefficient (Wildman–Crippen LogP) is 1.12. The number of nitrogens with zero attached hydrogens (tertiary/aromatic N) is 1. The highest BCUT2D eigenvalue weighted by molar-refractivity contribution is 5.21. The fraction of sp³-hybridized carbons (Fsp3) is 0.500. The summed E-state index contributed by atoms with van der Waals surface area (Å²) < 4.78 is 5.18. The Kier molecular flexibility index (Phi) is 1.72. The second-order valence-corrected chi connectivity index (χ2v) is 1.79. The van der Waals surface area contributed by atoms with Gasteiger partial charge in [0.05, 0.1) is 18.5 Å². The van der Waals surface area contributed by atoms with Gasteiger partial charge in [-0.2, -0.15) is 5.10 Å². The first-order valence-corrected chi connectivity index (χ1v) is 2.97. The Labute approximate surface area is 54.0 Å². The Balaban J connectivity index is 2.69. The molecule has 3 heteroatoms. The molecule has 0 saturated heterocycles. The van der Waals surface area contributed by atoms with E-state index in [1.807, 2.05) is 13.8 Å². The highest BCUT2D eigenvalue weighted by Gasteiger charge is 1.96. The minimum atomic E-state index is 0.695. The van der Waals surface area contributed by atoms with Gasteiger partial charge in [0.1, 0.15) is 0 Å². The van der Waals surface area contributed by atoms with Crippen LogP contribution < -0.4 is 4.74 Å². The van der Waals surface area contributed by atoms with E-state index in [9.17, 15) is 0 Å². The molecular formula is C6H10N2O. The molecule has 0 spiro atoms. The van der Waals surface area contributed by atoms with Crippen LogP contribution in [0.1, 0.15) is 12.6 Å². The van der Waals surface area contributed by atoms with Crippen molar-refractivity contribution in [2.75, 3.05) is 6.61 Å². The Morgan fingerprint density at radius 1 is 1.78 bits per heavy atom. The topological polar surface area (TPSA) is 37.9 Å². The van der Waals surface area contributed by atoms with E-state index >= 15 is 0 Å². The molecule has 0 amide bonds. The summed E-state index contributed by atoms with van der Waals surface area (Å²) in [6.07, 6.45) is 1.68. The molecule has 0 unspecified atom stereocenters. The quantitative estimate of drug-likeness (QED) is 0.644. The Bertz CT molecular complexity index is 183. The van der Waals surface area contributed by atoms with E-state index in [1.165, 1.54) is 0 Å². The molecule has 9 heavy (non-hydrogen) atoms. The molecule has 0 atom stereocenters. The average molecular weight is 126 g/mol. The molecule has 3 nitrogen and oxygen atoms in total. The first-order chi connectivity index (χ1) is 4.34. The SMILES string of the molecule is CCOc1cn[nH]c1C. The van der Waals surface area contributed by atoms with Crippen molar-refractivity contribution in [1.29, 1.82) is 0 Å². The van der Waals surface area contributed by atoms with Crippen molar-refractivity contribution in [2.45, 2.75) is 13.8 Å². The fourth-order valence-corrected chi connectivity index (χ4v) is 0.641. The lowest BCUT2D eigenvalue weighted by atomic mass is 10.4. The zero-order valence-corrected chi connectivity index (χ0v) is 5.64. The molecule has 1 rings (SSSR count). The number of rotatable bonds is 2. The highest BCUT2D eigenvalue weighted by Crippen LogP contribution is 2.11. The molecule has 0 fully saturated rings. The normalized spacial score (nSPS) is 9.56. The predicted molar refractivity (Wildman–Crippen MR) is 34.5 cm³/mol. The van der Waals surface area contributed by atoms with Crippen molar-refractivity contribution in [2.24, 2.45) is 0 Å². The number of hydrogen-bond donors (Lipinski definition) is 1. The van der Waals surface area contributed by atoms with Crippen LogP contribution in [0.5, 0.6) is 5.75 Å². The smallest absolute Gasteiger partial charge is 0.159 e. The maximum absolute atomic E-state index is 5.18. The Hall–Kier alpha value is -0.990. The summed E-state index contributed by atoms with van der Waals surface area (Å²) in [5, 5.41) is 6.57. The number of aryl methyl sites for hydroxylation is 1. The number of ether oxygens (including phenoxy) is 1. The van der Waals surface area contributed by atoms with Crippen molar-refractivity contribution in [3.63, 3.8) is 0 Å². The van der Waals surface area contributed by atoms with Crippen molar-refractivity contribution in [1.82, 2.24) is 10.2 Å². The summed E-state index contributed by atoms with van der Waals surface area (Å²) in [5.74, 6) is 0.845. The number of aromatic amines is 1. The number of aromatic nitrogens is 2. The maximum atomic E-state index is 5.18. The van der Waals surface area contributed by atoms with E-state index in [0.29, 0.717) is 6.61 Å². The van der Waals surface area contributed by atoms with Gasteiger partial charge in [-0.3, -0.25) is 5.10 Å². The largest absolute Gasteiger partial charge is 0.490 e. The Morgan fingerprint density at radius 3 is 3.00 bits per heavy atom. The van der Waals surface area contributed by atoms with E-state index in [0.717, 1.165) is 11.4 Å². The van der Waals surface area contributed by atoms with Gasteiger partial charge in [0.25, 0.3) is 0 Å². The van der Waals surface area contributed by atoms with Crippen molar-refractivity contribution in [3.05, 3.63) is 11.9 Å². The van der Waals surface area contributed by atoms with Gasteiger partial charge in [-0.05, 0) is 13.8 Å². The van der Waals surface area contributed by atoms with Gasteiger partial charge in [0, 0.05) is 0 Å². The zero-order chi connectivity index (χ0) is 6.69. The van der Waals surface area contributed by atoms with Crippen LogP contribution in [0.25, 0.3) is 0 Å². The molecule has 0 radical (unpaired) electrons. The van der Waals surface area contributed by atoms with Gasteiger partial charge in [-0.25, -0.2) is 0 Å². The lowest BCUT2D eigenvalue weighted by Crippen LogP contribution is -1.90. The van der Waals surface area contributed by atoms with Crippen LogP contribution in [0.4, 0.5) is 0 Å². The number of nitrogens with one attached hydrogen (secondary N) is 1. The third kappa shape index (κ3) is 1.22. The van der Waals surface area contributed by atoms with Crippen molar-refractivity contribution in [3.8, 4) is 5.75 Å². The summed E-state index contributed by atoms with van der Waals surface area (Å²) >= 11 is 0. The van der Waals surface area contributed by atoms with Gasteiger partial charge in [-0.15, -0.1) is 0 Å². The molecule has 1 N–H and O–H groups in total. The molecule has 0 bridgehead atoms. The molecule has 1 aromatic heterocycles. The first kappa shape index (κ1) is 6.13. The summed E-state index contributed by atoms with van der Waals surface area (Å²) in [6.45, 7) is 4.57. The van der Waals surface area contributed by atoms with Crippen LogP contribution in [0.3, 0.4) is 0 Å². The molecule has 50 valence electrons. The molecule has 0 saturated carbocycles. The minimum absolute atomic E-state index is 0.695. The molecule has 0 aliphatic carbocycles. The van der Waals surface area contributed by atoms with Gasteiger partial charge < -0.3 is 4.74 Å². The summed E-state index contributed by atoms with van der Waals surface area (Å²) in [7, 11) is 0. The summed E-state index contributed by atoms with van der Waals surface area (Å²) in [6, 6.07) is 0. The van der Waals surface area contributed by atoms with Gasteiger partial charge in [0.15, 0.2) is 5.75 Å². The van der Waals surface area contributed by atoms with Crippen LogP contribution in [0.2, 0.25) is 0 Å². The summed E-state index contributed by atoms with van der Waals surface area (Å²) in [5.41, 5.74) is 0.983. The third-order valence-electron chi connectivity index (χ3n) is 1.08. The van der Waals surface area contributed by atoms with Gasteiger partial charge in [0.2, 0.25) is 0 Å². The first-order valence-electron chi connectivity index (χ1n) is 2.97. The number of hydrogen-bond acceptors (Lipinski definition) is 2. The minimum Gasteiger partial charge on any atom is -0.490 e. The highest BCUT2D eigenvalue weighted by atomic mass is 16.5. The monoisotopic (exact) mass is 126 g/mol. The van der Waals surface area contributed by atoms with Gasteiger partial charge >= 0.3 is 0 Å². The van der Waals surface area contributed by atoms with Crippen LogP contribution >= 0.6 is 0 Å². The lowest BCUT2D eigenvalue weighted by Gasteiger charge is -1.97. The molecule has 0 aliphatic rings. The van der Waals surface area contributed by atoms with Crippen LogP contribution in [-0.2, 0) is 0 Å². The zero-order valence-electron chi connectivity index (χ0n) is 5.64. The van der Waals surface area contributed by atoms with E-state index in [2.05, 4.69) is 10.2 Å². The third-order valence-corrected chi connectivity index (χ3v) is 1.08. The molecule has 0 aliphatic heterocycles.